The van der Waals surface area contributed by atoms with Gasteiger partial charge >= 0.3 is 6.03 Å². The molecule has 0 spiro atoms. The summed E-state index contributed by atoms with van der Waals surface area (Å²) >= 11 is 0. The second kappa shape index (κ2) is 8.50. The highest BCUT2D eigenvalue weighted by molar-refractivity contribution is 6.16. The first-order valence-corrected chi connectivity index (χ1v) is 10.5. The van der Waals surface area contributed by atoms with E-state index < -0.39 is 36.2 Å². The van der Waals surface area contributed by atoms with Crippen LogP contribution in [0.25, 0.3) is 5.69 Å². The number of nitrogens with zero attached hydrogens (tertiary/aromatic N) is 4. The lowest BCUT2D eigenvalue weighted by atomic mass is 10.2. The van der Waals surface area contributed by atoms with Crippen molar-refractivity contribution in [2.24, 2.45) is 0 Å². The van der Waals surface area contributed by atoms with Crippen LogP contribution in [-0.2, 0) is 9.59 Å². The van der Waals surface area contributed by atoms with Crippen molar-refractivity contribution in [2.45, 2.75) is 33.7 Å². The monoisotopic (exact) mass is 449 g/mol. The van der Waals surface area contributed by atoms with Gasteiger partial charge in [-0.15, -0.1) is 0 Å². The largest absolute Gasteiger partial charge is 0.332 e. The summed E-state index contributed by atoms with van der Waals surface area (Å²) in [5.74, 6) is -1.46. The summed E-state index contributed by atoms with van der Waals surface area (Å²) in [6.45, 7) is 6.74. The lowest BCUT2D eigenvalue weighted by Gasteiger charge is -2.19. The molecule has 1 aromatic heterocycles. The third kappa shape index (κ3) is 4.09. The van der Waals surface area contributed by atoms with E-state index in [4.69, 9.17) is 0 Å². The van der Waals surface area contributed by atoms with Crippen molar-refractivity contribution in [3.8, 4) is 5.69 Å². The summed E-state index contributed by atoms with van der Waals surface area (Å²) in [5.41, 5.74) is 4.24. The molecule has 1 unspecified atom stereocenters. The van der Waals surface area contributed by atoms with Crippen LogP contribution in [0.2, 0.25) is 0 Å². The van der Waals surface area contributed by atoms with Gasteiger partial charge in [0.25, 0.3) is 5.91 Å². The van der Waals surface area contributed by atoms with Gasteiger partial charge < -0.3 is 5.32 Å². The quantitative estimate of drug-likeness (QED) is 0.602. The van der Waals surface area contributed by atoms with Crippen molar-refractivity contribution < 1.29 is 18.8 Å². The lowest BCUT2D eigenvalue weighted by Crippen LogP contribution is -2.39. The third-order valence-corrected chi connectivity index (χ3v) is 5.69. The van der Waals surface area contributed by atoms with E-state index in [1.165, 1.54) is 29.2 Å². The molecule has 1 fully saturated rings. The van der Waals surface area contributed by atoms with Crippen LogP contribution in [0.5, 0.6) is 0 Å². The molecule has 9 heteroatoms. The Kier molecular flexibility index (Phi) is 5.71. The van der Waals surface area contributed by atoms with Gasteiger partial charge in [-0.2, -0.15) is 5.10 Å². The number of urea groups is 1. The van der Waals surface area contributed by atoms with Crippen molar-refractivity contribution in [3.63, 3.8) is 0 Å². The molecule has 1 N–H and O–H groups in total. The van der Waals surface area contributed by atoms with Gasteiger partial charge in [-0.05, 0) is 64.1 Å². The minimum Gasteiger partial charge on any atom is -0.321 e. The van der Waals surface area contributed by atoms with Gasteiger partial charge in [0.05, 0.1) is 22.8 Å². The highest BCUT2D eigenvalue weighted by Gasteiger charge is 2.44. The van der Waals surface area contributed by atoms with Crippen LogP contribution in [0.3, 0.4) is 0 Å². The number of imide groups is 1. The van der Waals surface area contributed by atoms with Crippen LogP contribution < -0.4 is 10.2 Å². The number of amides is 4. The van der Waals surface area contributed by atoms with E-state index in [2.05, 4.69) is 10.4 Å². The van der Waals surface area contributed by atoms with E-state index in [-0.39, 0.29) is 0 Å². The smallest absolute Gasteiger partial charge is 0.321 e. The van der Waals surface area contributed by atoms with Crippen LogP contribution in [0, 0.1) is 26.6 Å². The number of halogens is 1. The zero-order valence-corrected chi connectivity index (χ0v) is 18.8. The van der Waals surface area contributed by atoms with Gasteiger partial charge in [-0.3, -0.25) is 19.4 Å². The Labute approximate surface area is 190 Å². The van der Waals surface area contributed by atoms with E-state index in [1.54, 1.807) is 18.5 Å². The number of hydrogen-bond acceptors (Lipinski definition) is 4. The van der Waals surface area contributed by atoms with Crippen LogP contribution >= 0.6 is 0 Å². The SMILES string of the molecule is Cc1ccc(-n2nc(C)c(NC(=O)CN3C(=O)C(C)N(c4ccc(F)cc4)C3=O)c2C)cc1. The average Bonchev–Trinajstić information content (AvgIpc) is 3.17. The predicted molar refractivity (Wildman–Crippen MR) is 122 cm³/mol. The molecule has 170 valence electrons. The first-order chi connectivity index (χ1) is 15.7. The molecule has 8 nitrogen and oxygen atoms in total. The Morgan fingerprint density at radius 2 is 1.61 bits per heavy atom. The van der Waals surface area contributed by atoms with Crippen LogP contribution in [-0.4, -0.2) is 45.1 Å². The van der Waals surface area contributed by atoms with Crippen molar-refractivity contribution in [2.75, 3.05) is 16.8 Å². The minimum atomic E-state index is -0.802. The number of carbonyl (C=O) groups is 3. The fourth-order valence-corrected chi connectivity index (χ4v) is 3.89. The van der Waals surface area contributed by atoms with Crippen LogP contribution in [0.15, 0.2) is 48.5 Å². The Balaban J connectivity index is 1.51. The maximum absolute atomic E-state index is 13.3. The molecular formula is C24H24FN5O3. The molecule has 4 rings (SSSR count). The summed E-state index contributed by atoms with van der Waals surface area (Å²) in [6, 6.07) is 11.7. The summed E-state index contributed by atoms with van der Waals surface area (Å²) in [4.78, 5) is 40.5. The molecule has 0 bridgehead atoms. The number of carbonyl (C=O) groups excluding carboxylic acids is 3. The van der Waals surface area contributed by atoms with Crippen molar-refractivity contribution in [1.82, 2.24) is 14.7 Å². The molecule has 1 saturated heterocycles. The molecule has 1 aliphatic heterocycles. The molecule has 0 radical (unpaired) electrons. The van der Waals surface area contributed by atoms with Crippen molar-refractivity contribution >= 4 is 29.2 Å². The van der Waals surface area contributed by atoms with Gasteiger partial charge in [0.15, 0.2) is 0 Å². The average molecular weight is 449 g/mol. The molecule has 3 aromatic rings. The van der Waals surface area contributed by atoms with Crippen LogP contribution in [0.1, 0.15) is 23.9 Å². The van der Waals surface area contributed by atoms with Crippen molar-refractivity contribution in [3.05, 3.63) is 71.3 Å². The number of aromatic nitrogens is 2. The van der Waals surface area contributed by atoms with Gasteiger partial charge in [-0.25, -0.2) is 13.9 Å². The Hall–Kier alpha value is -4.01. The lowest BCUT2D eigenvalue weighted by molar-refractivity contribution is -0.130. The fraction of sp³-hybridized carbons (Fsp3) is 0.250. The first kappa shape index (κ1) is 22.2. The summed E-state index contributed by atoms with van der Waals surface area (Å²) in [5, 5.41) is 7.30. The molecular weight excluding hydrogens is 425 g/mol. The van der Waals surface area contributed by atoms with E-state index in [1.807, 2.05) is 38.1 Å². The number of benzene rings is 2. The molecule has 2 heterocycles. The topological polar surface area (TPSA) is 87.5 Å². The standard InChI is InChI=1S/C24H24FN5O3/c1-14-5-9-20(10-6-14)30-16(3)22(15(2)27-30)26-21(31)13-28-23(32)17(4)29(24(28)33)19-11-7-18(25)8-12-19/h5-12,17H,13H2,1-4H3,(H,26,31). The van der Waals surface area contributed by atoms with E-state index in [0.29, 0.717) is 17.1 Å². The highest BCUT2D eigenvalue weighted by Crippen LogP contribution is 2.27. The van der Waals surface area contributed by atoms with E-state index >= 15 is 0 Å². The Morgan fingerprint density at radius 3 is 2.24 bits per heavy atom. The Bertz CT molecular complexity index is 1230. The number of aryl methyl sites for hydroxylation is 2. The zero-order chi connectivity index (χ0) is 23.9. The number of hydrogen-bond donors (Lipinski definition) is 1. The van der Waals surface area contributed by atoms with Gasteiger partial charge in [-0.1, -0.05) is 17.7 Å². The molecule has 1 aliphatic rings. The Morgan fingerprint density at radius 1 is 1.00 bits per heavy atom. The highest BCUT2D eigenvalue weighted by atomic mass is 19.1. The number of nitrogens with one attached hydrogen (secondary N) is 1. The summed E-state index contributed by atoms with van der Waals surface area (Å²) in [7, 11) is 0. The van der Waals surface area contributed by atoms with E-state index in [0.717, 1.165) is 21.8 Å². The molecule has 4 amide bonds. The fourth-order valence-electron chi connectivity index (χ4n) is 3.89. The normalized spacial score (nSPS) is 16.0. The third-order valence-electron chi connectivity index (χ3n) is 5.69. The summed E-state index contributed by atoms with van der Waals surface area (Å²) in [6.07, 6.45) is 0. The van der Waals surface area contributed by atoms with Gasteiger partial charge in [0, 0.05) is 5.69 Å². The first-order valence-electron chi connectivity index (χ1n) is 10.5. The van der Waals surface area contributed by atoms with Gasteiger partial charge in [0.2, 0.25) is 5.91 Å². The molecule has 0 saturated carbocycles. The minimum absolute atomic E-state index is 0.385. The molecule has 2 aromatic carbocycles. The summed E-state index contributed by atoms with van der Waals surface area (Å²) < 4.78 is 15.0. The van der Waals surface area contributed by atoms with Crippen LogP contribution in [0.4, 0.5) is 20.6 Å². The maximum atomic E-state index is 13.3. The molecule has 0 aliphatic carbocycles. The molecule has 33 heavy (non-hydrogen) atoms. The number of rotatable bonds is 5. The van der Waals surface area contributed by atoms with Gasteiger partial charge in [0.1, 0.15) is 18.4 Å². The molecule has 1 atom stereocenters. The zero-order valence-electron chi connectivity index (χ0n) is 18.8. The maximum Gasteiger partial charge on any atom is 0.332 e. The predicted octanol–water partition coefficient (Wildman–Crippen LogP) is 3.73. The van der Waals surface area contributed by atoms with Crippen molar-refractivity contribution in [1.29, 1.82) is 0 Å². The second-order valence-electron chi connectivity index (χ2n) is 8.07. The second-order valence-corrected chi connectivity index (χ2v) is 8.07. The van der Waals surface area contributed by atoms with E-state index in [9.17, 15) is 18.8 Å². The number of anilines is 2.